The summed E-state index contributed by atoms with van der Waals surface area (Å²) in [6.45, 7) is 0.282. The minimum atomic E-state index is -0.731. The Morgan fingerprint density at radius 1 is 1.38 bits per heavy atom. The molecule has 2 aliphatic rings. The van der Waals surface area contributed by atoms with Crippen LogP contribution >= 0.6 is 22.6 Å². The number of aliphatic carboxylic acids is 1. The first-order valence-corrected chi connectivity index (χ1v) is 8.16. The van der Waals surface area contributed by atoms with E-state index < -0.39 is 5.97 Å². The summed E-state index contributed by atoms with van der Waals surface area (Å²) in [4.78, 5) is 25.5. The lowest BCUT2D eigenvalue weighted by molar-refractivity contribution is -0.142. The molecule has 0 radical (unpaired) electrons. The molecule has 2 bridgehead atoms. The predicted molar refractivity (Wildman–Crippen MR) is 87.0 cm³/mol. The summed E-state index contributed by atoms with van der Waals surface area (Å²) in [5.41, 5.74) is 0.785. The van der Waals surface area contributed by atoms with Gasteiger partial charge in [-0.15, -0.1) is 0 Å². The number of hydrogen-bond donors (Lipinski definition) is 2. The van der Waals surface area contributed by atoms with Gasteiger partial charge in [0.1, 0.15) is 0 Å². The Labute approximate surface area is 136 Å². The number of nitrogens with zero attached hydrogens (tertiary/aromatic N) is 1. The Bertz CT molecular complexity index is 578. The third kappa shape index (κ3) is 3.06. The van der Waals surface area contributed by atoms with Crippen molar-refractivity contribution in [2.45, 2.75) is 31.3 Å². The number of hydrogen-bond acceptors (Lipinski definition) is 3. The first-order chi connectivity index (χ1) is 10.0. The van der Waals surface area contributed by atoms with Crippen LogP contribution in [0.5, 0.6) is 0 Å². The zero-order chi connectivity index (χ0) is 15.0. The highest BCUT2D eigenvalue weighted by Gasteiger charge is 2.49. The van der Waals surface area contributed by atoms with Crippen LogP contribution in [0.4, 0.5) is 5.69 Å². The average molecular weight is 400 g/mol. The molecule has 2 aliphatic heterocycles. The summed E-state index contributed by atoms with van der Waals surface area (Å²) in [6, 6.07) is 7.91. The second kappa shape index (κ2) is 5.92. The monoisotopic (exact) mass is 400 g/mol. The molecule has 3 atom stereocenters. The van der Waals surface area contributed by atoms with Gasteiger partial charge < -0.3 is 10.4 Å². The van der Waals surface area contributed by atoms with Crippen LogP contribution in [0.1, 0.15) is 19.3 Å². The normalized spacial score (nSPS) is 27.8. The molecule has 1 amide bonds. The Morgan fingerprint density at radius 3 is 2.86 bits per heavy atom. The minimum absolute atomic E-state index is 0.0224. The number of carbonyl (C=O) groups is 2. The van der Waals surface area contributed by atoms with E-state index in [0.29, 0.717) is 6.42 Å². The van der Waals surface area contributed by atoms with E-state index in [1.807, 2.05) is 24.3 Å². The van der Waals surface area contributed by atoms with Gasteiger partial charge in [0.2, 0.25) is 5.91 Å². The molecule has 5 nitrogen and oxygen atoms in total. The second-order valence-corrected chi connectivity index (χ2v) is 6.96. The number of carboxylic acids is 1. The standard InChI is InChI=1S/C15H17IN2O3/c16-9-2-1-3-10(6-9)17-14(19)8-18-11-4-5-13(18)12(7-11)15(20)21/h1-3,6,11-13H,4-5,7-8H2,(H,17,19)(H,20,21). The van der Waals surface area contributed by atoms with E-state index in [1.54, 1.807) is 0 Å². The molecule has 0 aliphatic carbocycles. The summed E-state index contributed by atoms with van der Waals surface area (Å²) in [6.07, 6.45) is 2.57. The maximum Gasteiger partial charge on any atom is 0.308 e. The number of anilines is 1. The average Bonchev–Trinajstić information content (AvgIpc) is 2.96. The number of fused-ring (bicyclic) bond motifs is 2. The van der Waals surface area contributed by atoms with Gasteiger partial charge in [0.05, 0.1) is 12.5 Å². The van der Waals surface area contributed by atoms with Crippen LogP contribution in [0.2, 0.25) is 0 Å². The Morgan fingerprint density at radius 2 is 2.19 bits per heavy atom. The van der Waals surface area contributed by atoms with Gasteiger partial charge in [0.25, 0.3) is 0 Å². The Hall–Kier alpha value is -1.15. The highest BCUT2D eigenvalue weighted by Crippen LogP contribution is 2.41. The molecule has 0 aromatic heterocycles. The number of benzene rings is 1. The van der Waals surface area contributed by atoms with Crippen molar-refractivity contribution in [2.75, 3.05) is 11.9 Å². The first kappa shape index (κ1) is 14.8. The molecule has 2 heterocycles. The molecule has 0 saturated carbocycles. The lowest BCUT2D eigenvalue weighted by Gasteiger charge is -2.22. The van der Waals surface area contributed by atoms with Gasteiger partial charge in [-0.3, -0.25) is 14.5 Å². The van der Waals surface area contributed by atoms with Crippen molar-refractivity contribution in [1.82, 2.24) is 4.90 Å². The van der Waals surface area contributed by atoms with Crippen LogP contribution in [0.3, 0.4) is 0 Å². The maximum atomic E-state index is 12.2. The van der Waals surface area contributed by atoms with E-state index in [9.17, 15) is 14.7 Å². The van der Waals surface area contributed by atoms with Gasteiger partial charge in [0.15, 0.2) is 0 Å². The minimum Gasteiger partial charge on any atom is -0.481 e. The zero-order valence-electron chi connectivity index (χ0n) is 11.5. The fraction of sp³-hybridized carbons (Fsp3) is 0.467. The van der Waals surface area contributed by atoms with Gasteiger partial charge in [0, 0.05) is 21.3 Å². The smallest absolute Gasteiger partial charge is 0.308 e. The van der Waals surface area contributed by atoms with Gasteiger partial charge in [-0.2, -0.15) is 0 Å². The van der Waals surface area contributed by atoms with Crippen molar-refractivity contribution in [1.29, 1.82) is 0 Å². The Kier molecular flexibility index (Phi) is 4.17. The first-order valence-electron chi connectivity index (χ1n) is 7.08. The van der Waals surface area contributed by atoms with Crippen LogP contribution in [0.25, 0.3) is 0 Å². The largest absolute Gasteiger partial charge is 0.481 e. The van der Waals surface area contributed by atoms with Crippen molar-refractivity contribution in [3.05, 3.63) is 27.8 Å². The van der Waals surface area contributed by atoms with Crippen LogP contribution < -0.4 is 5.32 Å². The number of carbonyl (C=O) groups excluding carboxylic acids is 1. The predicted octanol–water partition coefficient (Wildman–Crippen LogP) is 2.17. The quantitative estimate of drug-likeness (QED) is 0.761. The highest BCUT2D eigenvalue weighted by atomic mass is 127. The van der Waals surface area contributed by atoms with E-state index in [4.69, 9.17) is 0 Å². The lowest BCUT2D eigenvalue weighted by atomic mass is 9.89. The molecule has 2 saturated heterocycles. The molecule has 2 N–H and O–H groups in total. The molecule has 1 aromatic carbocycles. The van der Waals surface area contributed by atoms with E-state index >= 15 is 0 Å². The second-order valence-electron chi connectivity index (χ2n) is 5.71. The molecule has 0 spiro atoms. The van der Waals surface area contributed by atoms with Crippen LogP contribution in [0.15, 0.2) is 24.3 Å². The lowest BCUT2D eigenvalue weighted by Crippen LogP contribution is -2.38. The number of carboxylic acid groups (broad SMARTS) is 1. The maximum absolute atomic E-state index is 12.2. The van der Waals surface area contributed by atoms with E-state index in [1.165, 1.54) is 0 Å². The number of nitrogens with one attached hydrogen (secondary N) is 1. The summed E-state index contributed by atoms with van der Waals surface area (Å²) >= 11 is 2.20. The van der Waals surface area contributed by atoms with Gasteiger partial charge in [-0.25, -0.2) is 0 Å². The molecule has 3 unspecified atom stereocenters. The molecule has 2 fully saturated rings. The summed E-state index contributed by atoms with van der Waals surface area (Å²) < 4.78 is 1.07. The number of amides is 1. The molecule has 112 valence electrons. The van der Waals surface area contributed by atoms with Crippen molar-refractivity contribution >= 4 is 40.2 Å². The van der Waals surface area contributed by atoms with Gasteiger partial charge >= 0.3 is 5.97 Å². The molecule has 6 heteroatoms. The zero-order valence-corrected chi connectivity index (χ0v) is 13.6. The number of halogens is 1. The third-order valence-corrected chi connectivity index (χ3v) is 5.10. The molecule has 1 aromatic rings. The highest BCUT2D eigenvalue weighted by molar-refractivity contribution is 14.1. The SMILES string of the molecule is O=C(CN1C2CCC1C(C(=O)O)C2)Nc1cccc(I)c1. The molecule has 21 heavy (non-hydrogen) atoms. The summed E-state index contributed by atoms with van der Waals surface area (Å²) in [7, 11) is 0. The van der Waals surface area contributed by atoms with E-state index in [2.05, 4.69) is 32.8 Å². The Balaban J connectivity index is 1.62. The van der Waals surface area contributed by atoms with Crippen LogP contribution in [-0.2, 0) is 9.59 Å². The fourth-order valence-corrected chi connectivity index (χ4v) is 4.09. The summed E-state index contributed by atoms with van der Waals surface area (Å²) in [5, 5.41) is 12.1. The van der Waals surface area contributed by atoms with E-state index in [0.717, 1.165) is 22.1 Å². The fourth-order valence-electron chi connectivity index (χ4n) is 3.55. The third-order valence-electron chi connectivity index (χ3n) is 4.43. The molecular weight excluding hydrogens is 383 g/mol. The molecule has 3 rings (SSSR count). The molecular formula is C15H17IN2O3. The van der Waals surface area contributed by atoms with Crippen LogP contribution in [0, 0.1) is 9.49 Å². The van der Waals surface area contributed by atoms with Crippen LogP contribution in [-0.4, -0.2) is 40.5 Å². The van der Waals surface area contributed by atoms with Crippen molar-refractivity contribution < 1.29 is 14.7 Å². The van der Waals surface area contributed by atoms with Gasteiger partial charge in [-0.05, 0) is 60.1 Å². The summed E-state index contributed by atoms with van der Waals surface area (Å²) in [5.74, 6) is -1.11. The van der Waals surface area contributed by atoms with E-state index in [-0.39, 0.29) is 30.5 Å². The van der Waals surface area contributed by atoms with Crippen molar-refractivity contribution in [3.63, 3.8) is 0 Å². The topological polar surface area (TPSA) is 69.6 Å². The number of rotatable bonds is 4. The van der Waals surface area contributed by atoms with Crippen molar-refractivity contribution in [2.24, 2.45) is 5.92 Å². The van der Waals surface area contributed by atoms with Gasteiger partial charge in [-0.1, -0.05) is 6.07 Å². The van der Waals surface area contributed by atoms with Crippen molar-refractivity contribution in [3.8, 4) is 0 Å².